The van der Waals surface area contributed by atoms with Crippen LogP contribution >= 0.6 is 27.7 Å². The smallest absolute Gasteiger partial charge is 0.234 e. The van der Waals surface area contributed by atoms with Crippen molar-refractivity contribution >= 4 is 49.3 Å². The molecule has 0 aliphatic carbocycles. The predicted molar refractivity (Wildman–Crippen MR) is 120 cm³/mol. The van der Waals surface area contributed by atoms with Crippen LogP contribution in [0, 0.1) is 13.8 Å². The van der Waals surface area contributed by atoms with Gasteiger partial charge < -0.3 is 5.32 Å². The third-order valence-corrected chi connectivity index (χ3v) is 7.19. The van der Waals surface area contributed by atoms with Crippen LogP contribution in [0.5, 0.6) is 0 Å². The summed E-state index contributed by atoms with van der Waals surface area (Å²) in [6, 6.07) is 10.9. The predicted octanol–water partition coefficient (Wildman–Crippen LogP) is 4.40. The number of nitrogens with one attached hydrogen (secondary N) is 2. The van der Waals surface area contributed by atoms with Crippen molar-refractivity contribution in [2.24, 2.45) is 0 Å². The lowest BCUT2D eigenvalue weighted by atomic mass is 10.2. The lowest BCUT2D eigenvalue weighted by molar-refractivity contribution is -0.113. The van der Waals surface area contributed by atoms with Crippen LogP contribution in [-0.2, 0) is 20.6 Å². The number of benzene rings is 2. The molecule has 0 unspecified atom stereocenters. The van der Waals surface area contributed by atoms with E-state index in [9.17, 15) is 13.2 Å². The number of carbonyl (C=O) groups excluding carboxylic acids is 1. The van der Waals surface area contributed by atoms with Gasteiger partial charge in [-0.3, -0.25) is 4.79 Å². The van der Waals surface area contributed by atoms with Gasteiger partial charge in [-0.1, -0.05) is 34.1 Å². The fourth-order valence-electron chi connectivity index (χ4n) is 2.39. The van der Waals surface area contributed by atoms with Crippen molar-refractivity contribution in [1.29, 1.82) is 0 Å². The summed E-state index contributed by atoms with van der Waals surface area (Å²) >= 11 is 4.99. The van der Waals surface area contributed by atoms with Crippen LogP contribution in [0.15, 0.2) is 58.4 Å². The van der Waals surface area contributed by atoms with Gasteiger partial charge >= 0.3 is 0 Å². The van der Waals surface area contributed by atoms with Crippen molar-refractivity contribution in [3.8, 4) is 0 Å². The van der Waals surface area contributed by atoms with Crippen LogP contribution < -0.4 is 10.0 Å². The van der Waals surface area contributed by atoms with Crippen LogP contribution in [0.1, 0.15) is 16.7 Å². The highest BCUT2D eigenvalue weighted by Crippen LogP contribution is 2.28. The first-order valence-electron chi connectivity index (χ1n) is 8.57. The molecule has 5 nitrogen and oxygen atoms in total. The standard InChI is InChI=1S/C20H23BrN2O3S2/c1-4-9-22-28(25,26)13-16-5-7-17(8-6-16)23-20(24)12-27-19-11-14(2)18(21)10-15(19)3/h4-8,10-11,22H,1,9,12-13H2,2-3H3,(H,23,24). The van der Waals surface area contributed by atoms with Crippen molar-refractivity contribution < 1.29 is 13.2 Å². The fourth-order valence-corrected chi connectivity index (χ4v) is 4.86. The molecule has 0 spiro atoms. The Morgan fingerprint density at radius 2 is 1.86 bits per heavy atom. The minimum absolute atomic E-state index is 0.113. The Labute approximate surface area is 179 Å². The lowest BCUT2D eigenvalue weighted by Gasteiger charge is -2.10. The Morgan fingerprint density at radius 1 is 1.18 bits per heavy atom. The summed E-state index contributed by atoms with van der Waals surface area (Å²) in [5.74, 6) is 0.0642. The molecule has 0 radical (unpaired) electrons. The number of aryl methyl sites for hydroxylation is 2. The van der Waals surface area contributed by atoms with Gasteiger partial charge in [0.1, 0.15) is 0 Å². The molecule has 2 rings (SSSR count). The highest BCUT2D eigenvalue weighted by atomic mass is 79.9. The lowest BCUT2D eigenvalue weighted by Crippen LogP contribution is -2.25. The Morgan fingerprint density at radius 3 is 2.50 bits per heavy atom. The normalized spacial score (nSPS) is 11.2. The summed E-state index contributed by atoms with van der Waals surface area (Å²) in [7, 11) is -3.40. The van der Waals surface area contributed by atoms with Crippen LogP contribution in [0.2, 0.25) is 0 Å². The van der Waals surface area contributed by atoms with Gasteiger partial charge in [-0.25, -0.2) is 13.1 Å². The van der Waals surface area contributed by atoms with E-state index < -0.39 is 10.0 Å². The molecule has 2 aromatic rings. The Kier molecular flexibility index (Phi) is 8.30. The number of carbonyl (C=O) groups is 1. The highest BCUT2D eigenvalue weighted by Gasteiger charge is 2.11. The summed E-state index contributed by atoms with van der Waals surface area (Å²) in [4.78, 5) is 13.3. The minimum Gasteiger partial charge on any atom is -0.325 e. The molecule has 8 heteroatoms. The van der Waals surface area contributed by atoms with Crippen LogP contribution in [-0.4, -0.2) is 26.6 Å². The van der Waals surface area contributed by atoms with Gasteiger partial charge in [0.05, 0.1) is 11.5 Å². The minimum atomic E-state index is -3.40. The van der Waals surface area contributed by atoms with Gasteiger partial charge in [-0.15, -0.1) is 18.3 Å². The SMILES string of the molecule is C=CCNS(=O)(=O)Cc1ccc(NC(=O)CSc2cc(C)c(Br)cc2C)cc1. The second-order valence-electron chi connectivity index (χ2n) is 6.30. The molecule has 0 heterocycles. The first-order valence-corrected chi connectivity index (χ1v) is 12.0. The van der Waals surface area contributed by atoms with Crippen molar-refractivity contribution in [2.75, 3.05) is 17.6 Å². The summed E-state index contributed by atoms with van der Waals surface area (Å²) < 4.78 is 27.2. The van der Waals surface area contributed by atoms with Crippen molar-refractivity contribution in [2.45, 2.75) is 24.5 Å². The summed E-state index contributed by atoms with van der Waals surface area (Å²) in [5, 5.41) is 2.83. The number of amides is 1. The van der Waals surface area contributed by atoms with Crippen LogP contribution in [0.25, 0.3) is 0 Å². The molecule has 0 atom stereocenters. The van der Waals surface area contributed by atoms with E-state index in [1.807, 2.05) is 19.9 Å². The van der Waals surface area contributed by atoms with Gasteiger partial charge in [0, 0.05) is 21.6 Å². The monoisotopic (exact) mass is 482 g/mol. The molecule has 0 saturated carbocycles. The quantitative estimate of drug-likeness (QED) is 0.410. The third kappa shape index (κ3) is 7.09. The molecule has 2 aromatic carbocycles. The van der Waals surface area contributed by atoms with E-state index in [1.165, 1.54) is 17.8 Å². The number of thioether (sulfide) groups is 1. The summed E-state index contributed by atoms with van der Waals surface area (Å²) in [6.45, 7) is 7.72. The van der Waals surface area contributed by atoms with E-state index in [-0.39, 0.29) is 18.2 Å². The molecule has 0 saturated heterocycles. The van der Waals surface area contributed by atoms with E-state index in [0.29, 0.717) is 17.0 Å². The molecule has 150 valence electrons. The summed E-state index contributed by atoms with van der Waals surface area (Å²) in [6.07, 6.45) is 1.49. The molecule has 0 fully saturated rings. The zero-order valence-corrected chi connectivity index (χ0v) is 19.0. The Hall–Kier alpha value is -1.61. The largest absolute Gasteiger partial charge is 0.325 e. The number of halogens is 1. The third-order valence-electron chi connectivity index (χ3n) is 3.86. The number of sulfonamides is 1. The van der Waals surface area contributed by atoms with Crippen LogP contribution in [0.4, 0.5) is 5.69 Å². The Balaban J connectivity index is 1.90. The van der Waals surface area contributed by atoms with Crippen molar-refractivity contribution in [3.05, 3.63) is 70.2 Å². The van der Waals surface area contributed by atoms with Gasteiger partial charge in [0.15, 0.2) is 0 Å². The van der Waals surface area contributed by atoms with Crippen molar-refractivity contribution in [3.63, 3.8) is 0 Å². The van der Waals surface area contributed by atoms with Gasteiger partial charge in [0.25, 0.3) is 0 Å². The van der Waals surface area contributed by atoms with Crippen molar-refractivity contribution in [1.82, 2.24) is 4.72 Å². The molecule has 1 amide bonds. The van der Waals surface area contributed by atoms with Gasteiger partial charge in [0.2, 0.25) is 15.9 Å². The van der Waals surface area contributed by atoms with Gasteiger partial charge in [-0.05, 0) is 54.8 Å². The van der Waals surface area contributed by atoms with E-state index in [4.69, 9.17) is 0 Å². The number of rotatable bonds is 9. The summed E-state index contributed by atoms with van der Waals surface area (Å²) in [5.41, 5.74) is 3.52. The van der Waals surface area contributed by atoms with E-state index >= 15 is 0 Å². The zero-order chi connectivity index (χ0) is 20.7. The van der Waals surface area contributed by atoms with E-state index in [2.05, 4.69) is 38.6 Å². The zero-order valence-electron chi connectivity index (χ0n) is 15.8. The average Bonchev–Trinajstić information content (AvgIpc) is 2.63. The number of hydrogen-bond acceptors (Lipinski definition) is 4. The maximum atomic E-state index is 12.2. The topological polar surface area (TPSA) is 75.3 Å². The first-order chi connectivity index (χ1) is 13.2. The second-order valence-corrected chi connectivity index (χ2v) is 9.98. The van der Waals surface area contributed by atoms with Crippen LogP contribution in [0.3, 0.4) is 0 Å². The molecule has 0 aliphatic heterocycles. The average molecular weight is 483 g/mol. The molecular weight excluding hydrogens is 460 g/mol. The van der Waals surface area contributed by atoms with E-state index in [1.54, 1.807) is 24.3 Å². The first kappa shape index (κ1) is 22.7. The second kappa shape index (κ2) is 10.2. The maximum absolute atomic E-state index is 12.2. The molecular formula is C20H23BrN2O3S2. The number of anilines is 1. The molecule has 2 N–H and O–H groups in total. The molecule has 0 bridgehead atoms. The molecule has 0 aliphatic rings. The fraction of sp³-hybridized carbons (Fsp3) is 0.250. The molecule has 0 aromatic heterocycles. The van der Waals surface area contributed by atoms with Gasteiger partial charge in [-0.2, -0.15) is 0 Å². The highest BCUT2D eigenvalue weighted by molar-refractivity contribution is 9.10. The van der Waals surface area contributed by atoms with E-state index in [0.717, 1.165) is 20.5 Å². The Bertz CT molecular complexity index is 958. The number of hydrogen-bond donors (Lipinski definition) is 2. The maximum Gasteiger partial charge on any atom is 0.234 e. The molecule has 28 heavy (non-hydrogen) atoms.